The van der Waals surface area contributed by atoms with Crippen LogP contribution in [0.1, 0.15) is 16.7 Å². The van der Waals surface area contributed by atoms with Crippen LogP contribution in [-0.2, 0) is 6.18 Å². The molecule has 0 aromatic heterocycles. The molecule has 2 rings (SSSR count). The van der Waals surface area contributed by atoms with Crippen LogP contribution in [0, 0.1) is 6.92 Å². The monoisotopic (exact) mass is 292 g/mol. The maximum absolute atomic E-state index is 12.9. The summed E-state index contributed by atoms with van der Waals surface area (Å²) in [7, 11) is 1.77. The zero-order valence-corrected chi connectivity index (χ0v) is 11.7. The van der Waals surface area contributed by atoms with Crippen molar-refractivity contribution in [2.24, 2.45) is 4.99 Å². The molecule has 0 unspecified atom stereocenters. The fourth-order valence-electron chi connectivity index (χ4n) is 2.10. The molecule has 2 aromatic rings. The highest BCUT2D eigenvalue weighted by atomic mass is 19.4. The van der Waals surface area contributed by atoms with Gasteiger partial charge in [-0.3, -0.25) is 4.99 Å². The van der Waals surface area contributed by atoms with E-state index in [0.717, 1.165) is 22.9 Å². The second kappa shape index (κ2) is 5.99. The van der Waals surface area contributed by atoms with Gasteiger partial charge in [0.25, 0.3) is 0 Å². The van der Waals surface area contributed by atoms with Gasteiger partial charge in [-0.15, -0.1) is 0 Å². The first-order chi connectivity index (χ1) is 9.93. The number of nitrogens with zero attached hydrogens (tertiary/aromatic N) is 1. The van der Waals surface area contributed by atoms with E-state index in [1.165, 1.54) is 24.4 Å². The van der Waals surface area contributed by atoms with E-state index in [4.69, 9.17) is 0 Å². The van der Waals surface area contributed by atoms with Crippen molar-refractivity contribution in [2.75, 3.05) is 12.4 Å². The number of anilines is 1. The Labute approximate surface area is 121 Å². The smallest absolute Gasteiger partial charge is 0.387 e. The van der Waals surface area contributed by atoms with Gasteiger partial charge in [0.05, 0.1) is 11.3 Å². The van der Waals surface area contributed by atoms with Crippen LogP contribution in [0.3, 0.4) is 0 Å². The third-order valence-electron chi connectivity index (χ3n) is 3.11. The summed E-state index contributed by atoms with van der Waals surface area (Å²) < 4.78 is 38.7. The van der Waals surface area contributed by atoms with Crippen LogP contribution in [-0.4, -0.2) is 13.3 Å². The van der Waals surface area contributed by atoms with Gasteiger partial charge in [0.1, 0.15) is 0 Å². The van der Waals surface area contributed by atoms with Crippen LogP contribution >= 0.6 is 0 Å². The molecule has 21 heavy (non-hydrogen) atoms. The minimum atomic E-state index is -4.41. The van der Waals surface area contributed by atoms with Crippen LogP contribution in [0.2, 0.25) is 0 Å². The molecule has 0 radical (unpaired) electrons. The van der Waals surface area contributed by atoms with Crippen LogP contribution in [0.25, 0.3) is 0 Å². The molecule has 0 aliphatic carbocycles. The topological polar surface area (TPSA) is 24.4 Å². The van der Waals surface area contributed by atoms with E-state index in [0.29, 0.717) is 0 Å². The minimum absolute atomic E-state index is 0.0893. The molecule has 1 N–H and O–H groups in total. The Bertz CT molecular complexity index is 661. The highest BCUT2D eigenvalue weighted by Gasteiger charge is 2.32. The van der Waals surface area contributed by atoms with Crippen LogP contribution in [0.15, 0.2) is 47.5 Å². The van der Waals surface area contributed by atoms with E-state index in [2.05, 4.69) is 10.3 Å². The minimum Gasteiger partial charge on any atom is -0.387 e. The Hall–Kier alpha value is -2.30. The van der Waals surface area contributed by atoms with Gasteiger partial charge in [-0.1, -0.05) is 30.3 Å². The van der Waals surface area contributed by atoms with Gasteiger partial charge in [-0.2, -0.15) is 13.2 Å². The molecule has 0 spiro atoms. The van der Waals surface area contributed by atoms with E-state index in [1.807, 2.05) is 19.1 Å². The summed E-state index contributed by atoms with van der Waals surface area (Å²) in [5, 5.41) is 3.03. The highest BCUT2D eigenvalue weighted by molar-refractivity contribution is 5.90. The zero-order chi connectivity index (χ0) is 15.5. The Morgan fingerprint density at radius 1 is 1.05 bits per heavy atom. The number of para-hydroxylation sites is 2. The van der Waals surface area contributed by atoms with E-state index >= 15 is 0 Å². The SMILES string of the molecule is CNc1c(C)cccc1C=Nc1ccccc1C(F)(F)F. The number of rotatable bonds is 3. The van der Waals surface area contributed by atoms with Gasteiger partial charge in [-0.05, 0) is 24.6 Å². The number of alkyl halides is 3. The van der Waals surface area contributed by atoms with E-state index in [1.54, 1.807) is 13.1 Å². The number of aliphatic imine (C=N–C) groups is 1. The lowest BCUT2D eigenvalue weighted by atomic mass is 10.1. The maximum atomic E-state index is 12.9. The number of hydrogen-bond donors (Lipinski definition) is 1. The normalized spacial score (nSPS) is 11.9. The molecule has 0 heterocycles. The first kappa shape index (κ1) is 15.1. The Balaban J connectivity index is 2.42. The van der Waals surface area contributed by atoms with Crippen LogP contribution in [0.5, 0.6) is 0 Å². The van der Waals surface area contributed by atoms with Crippen molar-refractivity contribution >= 4 is 17.6 Å². The molecule has 0 atom stereocenters. The summed E-state index contributed by atoms with van der Waals surface area (Å²) in [5.74, 6) is 0. The van der Waals surface area contributed by atoms with Gasteiger partial charge in [-0.25, -0.2) is 0 Å². The van der Waals surface area contributed by atoms with Crippen molar-refractivity contribution in [3.8, 4) is 0 Å². The van der Waals surface area contributed by atoms with Crippen molar-refractivity contribution in [1.29, 1.82) is 0 Å². The second-order valence-corrected chi connectivity index (χ2v) is 4.56. The van der Waals surface area contributed by atoms with Gasteiger partial charge in [0.2, 0.25) is 0 Å². The Morgan fingerprint density at radius 3 is 2.43 bits per heavy atom. The number of hydrogen-bond acceptors (Lipinski definition) is 2. The lowest BCUT2D eigenvalue weighted by Gasteiger charge is -2.10. The summed E-state index contributed by atoms with van der Waals surface area (Å²) in [6.45, 7) is 1.92. The molecule has 0 fully saturated rings. The average molecular weight is 292 g/mol. The van der Waals surface area contributed by atoms with Gasteiger partial charge in [0.15, 0.2) is 0 Å². The molecule has 5 heteroatoms. The van der Waals surface area contributed by atoms with E-state index < -0.39 is 11.7 Å². The molecule has 110 valence electrons. The number of aryl methyl sites for hydroxylation is 1. The molecule has 0 aliphatic rings. The standard InChI is InChI=1S/C16H15F3N2/c1-11-6-5-7-12(15(11)20-2)10-21-14-9-4-3-8-13(14)16(17,18)19/h3-10,20H,1-2H3. The molecule has 2 aromatic carbocycles. The average Bonchev–Trinajstić information content (AvgIpc) is 2.44. The predicted octanol–water partition coefficient (Wildman–Crippen LogP) is 4.81. The quantitative estimate of drug-likeness (QED) is 0.807. The summed E-state index contributed by atoms with van der Waals surface area (Å²) >= 11 is 0. The molecule has 0 saturated heterocycles. The second-order valence-electron chi connectivity index (χ2n) is 4.56. The Morgan fingerprint density at radius 2 is 1.76 bits per heavy atom. The first-order valence-corrected chi connectivity index (χ1v) is 6.41. The van der Waals surface area contributed by atoms with E-state index in [-0.39, 0.29) is 5.69 Å². The third-order valence-corrected chi connectivity index (χ3v) is 3.11. The molecule has 0 bridgehead atoms. The summed E-state index contributed by atoms with van der Waals surface area (Å²) in [4.78, 5) is 4.01. The predicted molar refractivity (Wildman–Crippen MR) is 79.4 cm³/mol. The Kier molecular flexibility index (Phi) is 4.31. The fraction of sp³-hybridized carbons (Fsp3) is 0.188. The van der Waals surface area contributed by atoms with E-state index in [9.17, 15) is 13.2 Å². The number of benzene rings is 2. The van der Waals surface area contributed by atoms with Crippen molar-refractivity contribution in [3.63, 3.8) is 0 Å². The zero-order valence-electron chi connectivity index (χ0n) is 11.7. The third kappa shape index (κ3) is 3.42. The fourth-order valence-corrected chi connectivity index (χ4v) is 2.10. The van der Waals surface area contributed by atoms with Crippen molar-refractivity contribution in [2.45, 2.75) is 13.1 Å². The molecule has 0 saturated carbocycles. The first-order valence-electron chi connectivity index (χ1n) is 6.41. The maximum Gasteiger partial charge on any atom is 0.418 e. The van der Waals surface area contributed by atoms with Crippen molar-refractivity contribution in [3.05, 3.63) is 59.2 Å². The highest BCUT2D eigenvalue weighted by Crippen LogP contribution is 2.36. The summed E-state index contributed by atoms with van der Waals surface area (Å²) in [5.41, 5.74) is 1.78. The van der Waals surface area contributed by atoms with Crippen molar-refractivity contribution in [1.82, 2.24) is 0 Å². The molecular formula is C16H15F3N2. The van der Waals surface area contributed by atoms with Gasteiger partial charge >= 0.3 is 6.18 Å². The lowest BCUT2D eigenvalue weighted by Crippen LogP contribution is -2.05. The molecular weight excluding hydrogens is 277 g/mol. The van der Waals surface area contributed by atoms with Gasteiger partial charge in [0, 0.05) is 24.5 Å². The molecule has 0 aliphatic heterocycles. The molecule has 2 nitrogen and oxygen atoms in total. The summed E-state index contributed by atoms with van der Waals surface area (Å²) in [6, 6.07) is 10.8. The number of halogens is 3. The summed E-state index contributed by atoms with van der Waals surface area (Å²) in [6.07, 6.45) is -2.96. The van der Waals surface area contributed by atoms with Crippen LogP contribution < -0.4 is 5.32 Å². The van der Waals surface area contributed by atoms with Crippen LogP contribution in [0.4, 0.5) is 24.5 Å². The molecule has 0 amide bonds. The van der Waals surface area contributed by atoms with Crippen molar-refractivity contribution < 1.29 is 13.2 Å². The lowest BCUT2D eigenvalue weighted by molar-refractivity contribution is -0.137. The largest absolute Gasteiger partial charge is 0.418 e. The van der Waals surface area contributed by atoms with Gasteiger partial charge < -0.3 is 5.32 Å². The number of nitrogens with one attached hydrogen (secondary N) is 1.